The van der Waals surface area contributed by atoms with Gasteiger partial charge in [0.05, 0.1) is 28.0 Å². The minimum Gasteiger partial charge on any atom is -0.496 e. The van der Waals surface area contributed by atoms with Crippen LogP contribution in [0.2, 0.25) is 0 Å². The Labute approximate surface area is 159 Å². The van der Waals surface area contributed by atoms with Crippen LogP contribution in [0, 0.1) is 13.8 Å². The summed E-state index contributed by atoms with van der Waals surface area (Å²) in [5.74, 6) is 0.221. The maximum absolute atomic E-state index is 12.2. The van der Waals surface area contributed by atoms with Crippen LogP contribution in [0.15, 0.2) is 22.1 Å². The first-order chi connectivity index (χ1) is 11.8. The van der Waals surface area contributed by atoms with Crippen molar-refractivity contribution in [3.05, 3.63) is 43.8 Å². The van der Waals surface area contributed by atoms with E-state index in [4.69, 9.17) is 4.74 Å². The molecule has 0 bridgehead atoms. The lowest BCUT2D eigenvalue weighted by molar-refractivity contribution is -0.122. The number of thiophene rings is 1. The van der Waals surface area contributed by atoms with Gasteiger partial charge in [-0.25, -0.2) is 0 Å². The van der Waals surface area contributed by atoms with Gasteiger partial charge in [-0.1, -0.05) is 0 Å². The maximum Gasteiger partial charge on any atom is 0.262 e. The fraction of sp³-hybridized carbons (Fsp3) is 0.353. The molecular weight excluding hydrogens is 406 g/mol. The van der Waals surface area contributed by atoms with Gasteiger partial charge in [0.25, 0.3) is 5.91 Å². The number of nitrogens with one attached hydrogen (secondary N) is 2. The molecule has 0 saturated carbocycles. The molecule has 2 rings (SSSR count). The van der Waals surface area contributed by atoms with Crippen LogP contribution in [0.1, 0.15) is 33.4 Å². The Kier molecular flexibility index (Phi) is 6.55. The number of halogens is 1. The number of hydrogen-bond donors (Lipinski definition) is 2. The molecule has 0 radical (unpaired) electrons. The van der Waals surface area contributed by atoms with Gasteiger partial charge in [-0.05, 0) is 48.8 Å². The van der Waals surface area contributed by atoms with Crippen molar-refractivity contribution in [2.75, 3.05) is 7.11 Å². The number of rotatable bonds is 6. The van der Waals surface area contributed by atoms with E-state index in [-0.39, 0.29) is 18.4 Å². The first kappa shape index (κ1) is 19.4. The summed E-state index contributed by atoms with van der Waals surface area (Å²) in [6.07, 6.45) is 1.72. The zero-order valence-corrected chi connectivity index (χ0v) is 16.9. The molecule has 2 aromatic heterocycles. The highest BCUT2D eigenvalue weighted by atomic mass is 79.9. The zero-order valence-electron chi connectivity index (χ0n) is 14.5. The predicted octanol–water partition coefficient (Wildman–Crippen LogP) is 2.97. The molecule has 134 valence electrons. The SMILES string of the molecule is COc1c(C)cnc(CNC(=O)C(C)NC(=O)c2ccc(Br)s2)c1C. The normalized spacial score (nSPS) is 11.7. The molecule has 0 fully saturated rings. The number of carbonyl (C=O) groups excluding carboxylic acids is 2. The standard InChI is InChI=1S/C17H20BrN3O3S/c1-9-7-19-12(10(2)15(9)24-4)8-20-16(22)11(3)21-17(23)13-5-6-14(18)25-13/h5-7,11H,8H2,1-4H3,(H,20,22)(H,21,23). The number of nitrogens with zero attached hydrogens (tertiary/aromatic N) is 1. The number of aryl methyl sites for hydroxylation is 1. The molecule has 2 aromatic rings. The fourth-order valence-electron chi connectivity index (χ4n) is 2.34. The summed E-state index contributed by atoms with van der Waals surface area (Å²) in [7, 11) is 1.61. The largest absolute Gasteiger partial charge is 0.496 e. The summed E-state index contributed by atoms with van der Waals surface area (Å²) in [5, 5.41) is 5.48. The number of hydrogen-bond acceptors (Lipinski definition) is 5. The van der Waals surface area contributed by atoms with Gasteiger partial charge in [0.1, 0.15) is 11.8 Å². The van der Waals surface area contributed by atoms with Gasteiger partial charge in [0, 0.05) is 17.3 Å². The van der Waals surface area contributed by atoms with Crippen LogP contribution < -0.4 is 15.4 Å². The van der Waals surface area contributed by atoms with Crippen molar-refractivity contribution in [1.82, 2.24) is 15.6 Å². The van der Waals surface area contributed by atoms with Crippen LogP contribution in [0.5, 0.6) is 5.75 Å². The summed E-state index contributed by atoms with van der Waals surface area (Å²) in [6.45, 7) is 5.74. The number of methoxy groups -OCH3 is 1. The summed E-state index contributed by atoms with van der Waals surface area (Å²) < 4.78 is 6.23. The highest BCUT2D eigenvalue weighted by Gasteiger charge is 2.18. The number of amides is 2. The van der Waals surface area contributed by atoms with Gasteiger partial charge in [-0.15, -0.1) is 11.3 Å². The molecule has 1 atom stereocenters. The average Bonchev–Trinajstić information content (AvgIpc) is 3.01. The minimum absolute atomic E-state index is 0.270. The van der Waals surface area contributed by atoms with E-state index in [1.165, 1.54) is 11.3 Å². The van der Waals surface area contributed by atoms with E-state index < -0.39 is 6.04 Å². The maximum atomic E-state index is 12.2. The van der Waals surface area contributed by atoms with Crippen molar-refractivity contribution in [3.8, 4) is 5.75 Å². The number of aromatic nitrogens is 1. The molecule has 1 unspecified atom stereocenters. The highest BCUT2D eigenvalue weighted by molar-refractivity contribution is 9.11. The Morgan fingerprint density at radius 1 is 1.36 bits per heavy atom. The third kappa shape index (κ3) is 4.79. The second-order valence-electron chi connectivity index (χ2n) is 5.56. The zero-order chi connectivity index (χ0) is 18.6. The third-order valence-corrected chi connectivity index (χ3v) is 5.34. The Morgan fingerprint density at radius 3 is 2.68 bits per heavy atom. The molecule has 0 aliphatic heterocycles. The first-order valence-electron chi connectivity index (χ1n) is 7.66. The van der Waals surface area contributed by atoms with E-state index >= 15 is 0 Å². The molecule has 0 spiro atoms. The lowest BCUT2D eigenvalue weighted by Crippen LogP contribution is -2.44. The first-order valence-corrected chi connectivity index (χ1v) is 9.27. The smallest absolute Gasteiger partial charge is 0.262 e. The van der Waals surface area contributed by atoms with Crippen LogP contribution in [0.4, 0.5) is 0 Å². The topological polar surface area (TPSA) is 80.3 Å². The average molecular weight is 426 g/mol. The predicted molar refractivity (Wildman–Crippen MR) is 101 cm³/mol. The second kappa shape index (κ2) is 8.44. The van der Waals surface area contributed by atoms with Gasteiger partial charge < -0.3 is 15.4 Å². The van der Waals surface area contributed by atoms with Gasteiger partial charge in [-0.2, -0.15) is 0 Å². The van der Waals surface area contributed by atoms with E-state index in [0.29, 0.717) is 4.88 Å². The van der Waals surface area contributed by atoms with Crippen molar-refractivity contribution < 1.29 is 14.3 Å². The number of ether oxygens (including phenoxy) is 1. The Morgan fingerprint density at radius 2 is 2.08 bits per heavy atom. The van der Waals surface area contributed by atoms with Gasteiger partial charge in [0.2, 0.25) is 5.91 Å². The second-order valence-corrected chi connectivity index (χ2v) is 8.03. The van der Waals surface area contributed by atoms with Crippen molar-refractivity contribution in [3.63, 3.8) is 0 Å². The molecule has 8 heteroatoms. The molecule has 6 nitrogen and oxygen atoms in total. The molecular formula is C17H20BrN3O3S. The van der Waals surface area contributed by atoms with Crippen LogP contribution in [0.3, 0.4) is 0 Å². The molecule has 0 aliphatic rings. The Bertz CT molecular complexity index is 791. The molecule has 0 saturated heterocycles. The fourth-order valence-corrected chi connectivity index (χ4v) is 3.63. The molecule has 25 heavy (non-hydrogen) atoms. The van der Waals surface area contributed by atoms with Crippen LogP contribution in [-0.4, -0.2) is 29.9 Å². The van der Waals surface area contributed by atoms with Crippen molar-refractivity contribution in [1.29, 1.82) is 0 Å². The van der Waals surface area contributed by atoms with Gasteiger partial charge in [-0.3, -0.25) is 14.6 Å². The van der Waals surface area contributed by atoms with E-state index in [1.807, 2.05) is 13.8 Å². The molecule has 2 heterocycles. The van der Waals surface area contributed by atoms with Crippen LogP contribution in [0.25, 0.3) is 0 Å². The number of pyridine rings is 1. The Balaban J connectivity index is 1.95. The summed E-state index contributed by atoms with van der Waals surface area (Å²) in [5.41, 5.74) is 2.57. The van der Waals surface area contributed by atoms with E-state index in [1.54, 1.807) is 32.4 Å². The molecule has 2 amide bonds. The van der Waals surface area contributed by atoms with E-state index in [2.05, 4.69) is 31.5 Å². The van der Waals surface area contributed by atoms with Crippen molar-refractivity contribution in [2.24, 2.45) is 0 Å². The minimum atomic E-state index is -0.652. The molecule has 2 N–H and O–H groups in total. The van der Waals surface area contributed by atoms with Gasteiger partial charge in [0.15, 0.2) is 0 Å². The van der Waals surface area contributed by atoms with Crippen molar-refractivity contribution >= 4 is 39.1 Å². The lowest BCUT2D eigenvalue weighted by Gasteiger charge is -2.15. The lowest BCUT2D eigenvalue weighted by atomic mass is 10.1. The van der Waals surface area contributed by atoms with E-state index in [9.17, 15) is 9.59 Å². The summed E-state index contributed by atoms with van der Waals surface area (Å²) in [6, 6.07) is 2.85. The third-order valence-electron chi connectivity index (χ3n) is 3.72. The monoisotopic (exact) mass is 425 g/mol. The van der Waals surface area contributed by atoms with Gasteiger partial charge >= 0.3 is 0 Å². The summed E-state index contributed by atoms with van der Waals surface area (Å²) >= 11 is 4.63. The Hall–Kier alpha value is -1.93. The van der Waals surface area contributed by atoms with Crippen LogP contribution in [-0.2, 0) is 11.3 Å². The quantitative estimate of drug-likeness (QED) is 0.745. The highest BCUT2D eigenvalue weighted by Crippen LogP contribution is 2.24. The summed E-state index contributed by atoms with van der Waals surface area (Å²) in [4.78, 5) is 29.2. The van der Waals surface area contributed by atoms with E-state index in [0.717, 1.165) is 26.4 Å². The number of carbonyl (C=O) groups is 2. The molecule has 0 aromatic carbocycles. The van der Waals surface area contributed by atoms with Crippen LogP contribution >= 0.6 is 27.3 Å². The van der Waals surface area contributed by atoms with Crippen molar-refractivity contribution in [2.45, 2.75) is 33.4 Å². The molecule has 0 aliphatic carbocycles.